The van der Waals surface area contributed by atoms with E-state index in [0.717, 1.165) is 31.4 Å². The Kier molecular flexibility index (Phi) is 4.46. The van der Waals surface area contributed by atoms with Gasteiger partial charge in [0.25, 0.3) is 0 Å². The van der Waals surface area contributed by atoms with Crippen LogP contribution in [-0.2, 0) is 4.79 Å². The molecule has 4 heteroatoms. The highest BCUT2D eigenvalue weighted by Crippen LogP contribution is 2.31. The molecule has 0 spiro atoms. The summed E-state index contributed by atoms with van der Waals surface area (Å²) in [5, 5.41) is 0. The van der Waals surface area contributed by atoms with Crippen LogP contribution in [0.25, 0.3) is 0 Å². The zero-order valence-corrected chi connectivity index (χ0v) is 10.8. The minimum atomic E-state index is -0.541. The van der Waals surface area contributed by atoms with Crippen LogP contribution in [0.5, 0.6) is 0 Å². The van der Waals surface area contributed by atoms with Crippen LogP contribution in [0.2, 0.25) is 0 Å². The van der Waals surface area contributed by atoms with E-state index in [0.29, 0.717) is 6.04 Å². The Balaban J connectivity index is 2.57. The summed E-state index contributed by atoms with van der Waals surface area (Å²) in [4.78, 5) is 14.0. The summed E-state index contributed by atoms with van der Waals surface area (Å²) in [5.41, 5.74) is 5.50. The van der Waals surface area contributed by atoms with Gasteiger partial charge in [0.1, 0.15) is 0 Å². The van der Waals surface area contributed by atoms with Crippen molar-refractivity contribution in [2.24, 2.45) is 5.73 Å². The van der Waals surface area contributed by atoms with Crippen molar-refractivity contribution in [1.29, 1.82) is 0 Å². The summed E-state index contributed by atoms with van der Waals surface area (Å²) in [7, 11) is 1.89. The second-order valence-electron chi connectivity index (χ2n) is 4.44. The summed E-state index contributed by atoms with van der Waals surface area (Å²) < 4.78 is 0. The molecule has 1 aliphatic rings. The first kappa shape index (κ1) is 12.8. The fraction of sp³-hybridized carbons (Fsp3) is 0.909. The lowest BCUT2D eigenvalue weighted by Gasteiger charge is -2.41. The summed E-state index contributed by atoms with van der Waals surface area (Å²) >= 11 is 1.78. The van der Waals surface area contributed by atoms with E-state index in [1.165, 1.54) is 0 Å². The van der Waals surface area contributed by atoms with Gasteiger partial charge >= 0.3 is 0 Å². The standard InChI is InChI=1S/C11H22N2OS/c1-4-9(8-15-3)13(2)10(14)11(12)6-5-7-11/h9H,4-8,12H2,1-3H3. The number of nitrogens with zero attached hydrogens (tertiary/aromatic N) is 1. The highest BCUT2D eigenvalue weighted by atomic mass is 32.2. The first-order valence-electron chi connectivity index (χ1n) is 5.60. The second-order valence-corrected chi connectivity index (χ2v) is 5.35. The third-order valence-corrected chi connectivity index (χ3v) is 4.09. The van der Waals surface area contributed by atoms with E-state index in [9.17, 15) is 4.79 Å². The first-order valence-corrected chi connectivity index (χ1v) is 6.99. The van der Waals surface area contributed by atoms with Gasteiger partial charge in [-0.2, -0.15) is 11.8 Å². The van der Waals surface area contributed by atoms with E-state index < -0.39 is 5.54 Å². The fourth-order valence-corrected chi connectivity index (χ4v) is 2.83. The highest BCUT2D eigenvalue weighted by molar-refractivity contribution is 7.98. The van der Waals surface area contributed by atoms with Crippen LogP contribution in [-0.4, -0.2) is 41.4 Å². The van der Waals surface area contributed by atoms with Crippen molar-refractivity contribution < 1.29 is 4.79 Å². The summed E-state index contributed by atoms with van der Waals surface area (Å²) in [5.74, 6) is 1.13. The Morgan fingerprint density at radius 1 is 1.60 bits per heavy atom. The van der Waals surface area contributed by atoms with Crippen molar-refractivity contribution in [2.75, 3.05) is 19.1 Å². The number of hydrogen-bond donors (Lipinski definition) is 1. The molecule has 1 atom stereocenters. The number of thioether (sulfide) groups is 1. The zero-order valence-electron chi connectivity index (χ0n) is 9.95. The molecule has 3 nitrogen and oxygen atoms in total. The maximum Gasteiger partial charge on any atom is 0.242 e. The Morgan fingerprint density at radius 3 is 2.53 bits per heavy atom. The molecule has 0 saturated heterocycles. The summed E-state index contributed by atoms with van der Waals surface area (Å²) in [6.45, 7) is 2.12. The van der Waals surface area contributed by atoms with E-state index in [1.807, 2.05) is 11.9 Å². The van der Waals surface area contributed by atoms with Crippen LogP contribution in [0.15, 0.2) is 0 Å². The SMILES string of the molecule is CCC(CSC)N(C)C(=O)C1(N)CCC1. The predicted octanol–water partition coefficient (Wildman–Crippen LogP) is 1.47. The molecular formula is C11H22N2OS. The Morgan fingerprint density at radius 2 is 2.20 bits per heavy atom. The average molecular weight is 230 g/mol. The molecular weight excluding hydrogens is 208 g/mol. The Bertz CT molecular complexity index is 229. The third kappa shape index (κ3) is 2.67. The number of carbonyl (C=O) groups is 1. The number of hydrogen-bond acceptors (Lipinski definition) is 3. The van der Waals surface area contributed by atoms with Crippen molar-refractivity contribution in [1.82, 2.24) is 4.90 Å². The average Bonchev–Trinajstić information content (AvgIpc) is 2.20. The lowest BCUT2D eigenvalue weighted by molar-refractivity contribution is -0.140. The van der Waals surface area contributed by atoms with E-state index in [-0.39, 0.29) is 5.91 Å². The molecule has 1 unspecified atom stereocenters. The maximum absolute atomic E-state index is 12.1. The summed E-state index contributed by atoms with van der Waals surface area (Å²) in [6.07, 6.45) is 5.87. The second kappa shape index (κ2) is 5.21. The largest absolute Gasteiger partial charge is 0.340 e. The van der Waals surface area contributed by atoms with Crippen LogP contribution in [0, 0.1) is 0 Å². The van der Waals surface area contributed by atoms with Crippen LogP contribution in [0.3, 0.4) is 0 Å². The van der Waals surface area contributed by atoms with Gasteiger partial charge in [-0.25, -0.2) is 0 Å². The minimum absolute atomic E-state index is 0.134. The van der Waals surface area contributed by atoms with Gasteiger partial charge in [-0.15, -0.1) is 0 Å². The van der Waals surface area contributed by atoms with Gasteiger partial charge < -0.3 is 10.6 Å². The Labute approximate surface area is 96.8 Å². The predicted molar refractivity (Wildman–Crippen MR) is 66.0 cm³/mol. The molecule has 2 N–H and O–H groups in total. The smallest absolute Gasteiger partial charge is 0.242 e. The monoisotopic (exact) mass is 230 g/mol. The van der Waals surface area contributed by atoms with Crippen molar-refractivity contribution in [3.63, 3.8) is 0 Å². The number of rotatable bonds is 5. The lowest BCUT2D eigenvalue weighted by Crippen LogP contribution is -2.60. The van der Waals surface area contributed by atoms with Crippen molar-refractivity contribution in [2.45, 2.75) is 44.2 Å². The molecule has 1 fully saturated rings. The zero-order chi connectivity index (χ0) is 11.5. The fourth-order valence-electron chi connectivity index (χ4n) is 1.98. The van der Waals surface area contributed by atoms with E-state index >= 15 is 0 Å². The number of amides is 1. The molecule has 0 aromatic rings. The molecule has 1 saturated carbocycles. The Hall–Kier alpha value is -0.220. The van der Waals surface area contributed by atoms with Crippen molar-refractivity contribution >= 4 is 17.7 Å². The highest BCUT2D eigenvalue weighted by Gasteiger charge is 2.42. The lowest BCUT2D eigenvalue weighted by atomic mass is 9.76. The van der Waals surface area contributed by atoms with E-state index in [4.69, 9.17) is 5.73 Å². The molecule has 0 aromatic heterocycles. The van der Waals surface area contributed by atoms with Gasteiger partial charge in [0.15, 0.2) is 0 Å². The van der Waals surface area contributed by atoms with Crippen LogP contribution >= 0.6 is 11.8 Å². The quantitative estimate of drug-likeness (QED) is 0.778. The van der Waals surface area contributed by atoms with Crippen molar-refractivity contribution in [3.8, 4) is 0 Å². The van der Waals surface area contributed by atoms with Crippen molar-refractivity contribution in [3.05, 3.63) is 0 Å². The number of nitrogens with two attached hydrogens (primary N) is 1. The van der Waals surface area contributed by atoms with Gasteiger partial charge in [0, 0.05) is 18.8 Å². The molecule has 0 heterocycles. The van der Waals surface area contributed by atoms with Gasteiger partial charge in [-0.05, 0) is 31.9 Å². The molecule has 0 aliphatic heterocycles. The molecule has 1 aliphatic carbocycles. The molecule has 0 bridgehead atoms. The van der Waals surface area contributed by atoms with Gasteiger partial charge in [-0.1, -0.05) is 6.92 Å². The van der Waals surface area contributed by atoms with Gasteiger partial charge in [0.2, 0.25) is 5.91 Å². The molecule has 1 rings (SSSR count). The maximum atomic E-state index is 12.1. The van der Waals surface area contributed by atoms with E-state index in [2.05, 4.69) is 13.2 Å². The van der Waals surface area contributed by atoms with Crippen LogP contribution < -0.4 is 5.73 Å². The molecule has 88 valence electrons. The minimum Gasteiger partial charge on any atom is -0.340 e. The molecule has 15 heavy (non-hydrogen) atoms. The van der Waals surface area contributed by atoms with E-state index in [1.54, 1.807) is 11.8 Å². The number of carbonyl (C=O) groups excluding carboxylic acids is 1. The normalized spacial score (nSPS) is 20.5. The molecule has 0 aromatic carbocycles. The van der Waals surface area contributed by atoms with Crippen LogP contribution in [0.1, 0.15) is 32.6 Å². The molecule has 1 amide bonds. The van der Waals surface area contributed by atoms with Crippen LogP contribution in [0.4, 0.5) is 0 Å². The van der Waals surface area contributed by atoms with Gasteiger partial charge in [0.05, 0.1) is 5.54 Å². The first-order chi connectivity index (χ1) is 7.05. The van der Waals surface area contributed by atoms with Gasteiger partial charge in [-0.3, -0.25) is 4.79 Å². The number of likely N-dealkylation sites (N-methyl/N-ethyl adjacent to an activating group) is 1. The summed E-state index contributed by atoms with van der Waals surface area (Å²) in [6, 6.07) is 0.327. The third-order valence-electron chi connectivity index (χ3n) is 3.37. The molecule has 0 radical (unpaired) electrons. The topological polar surface area (TPSA) is 46.3 Å².